The van der Waals surface area contributed by atoms with E-state index in [4.69, 9.17) is 15.4 Å². The van der Waals surface area contributed by atoms with Gasteiger partial charge in [-0.1, -0.05) is 0 Å². The molecule has 1 unspecified atom stereocenters. The van der Waals surface area contributed by atoms with Crippen molar-refractivity contribution in [1.29, 1.82) is 0 Å². The molecule has 1 heterocycles. The molecule has 8 heteroatoms. The Morgan fingerprint density at radius 3 is 2.85 bits per heavy atom. The van der Waals surface area contributed by atoms with Gasteiger partial charge in [0, 0.05) is 29.4 Å². The Labute approximate surface area is 120 Å². The molecule has 1 aliphatic heterocycles. The first-order valence-electron chi connectivity index (χ1n) is 6.02. The fourth-order valence-electron chi connectivity index (χ4n) is 1.95. The van der Waals surface area contributed by atoms with Crippen LogP contribution in [0, 0.1) is 5.82 Å². The van der Waals surface area contributed by atoms with E-state index in [0.29, 0.717) is 13.2 Å². The van der Waals surface area contributed by atoms with Crippen molar-refractivity contribution in [3.8, 4) is 0 Å². The maximum absolute atomic E-state index is 13.3. The maximum Gasteiger partial charge on any atom is 0.264 e. The third-order valence-electron chi connectivity index (χ3n) is 2.97. The Kier molecular flexibility index (Phi) is 4.62. The molecule has 1 aliphatic rings. The highest BCUT2D eigenvalue weighted by Crippen LogP contribution is 2.20. The van der Waals surface area contributed by atoms with Crippen molar-refractivity contribution >= 4 is 25.6 Å². The molecular weight excluding hydrogens is 309 g/mol. The second-order valence-corrected chi connectivity index (χ2v) is 6.96. The summed E-state index contributed by atoms with van der Waals surface area (Å²) in [7, 11) is 0.874. The average Bonchev–Trinajstić information content (AvgIpc) is 2.88. The predicted octanol–water partition coefficient (Wildman–Crippen LogP) is 1.66. The molecule has 1 N–H and O–H groups in total. The van der Waals surface area contributed by atoms with Gasteiger partial charge in [-0.05, 0) is 31.0 Å². The van der Waals surface area contributed by atoms with E-state index in [1.807, 2.05) is 0 Å². The van der Waals surface area contributed by atoms with E-state index in [0.717, 1.165) is 25.0 Å². The Morgan fingerprint density at radius 2 is 2.25 bits per heavy atom. The van der Waals surface area contributed by atoms with Crippen LogP contribution in [-0.4, -0.2) is 33.6 Å². The van der Waals surface area contributed by atoms with Crippen molar-refractivity contribution < 1.29 is 22.3 Å². The zero-order chi connectivity index (χ0) is 14.8. The fourth-order valence-corrected chi connectivity index (χ4v) is 2.87. The number of hydrogen-bond donors (Lipinski definition) is 1. The van der Waals surface area contributed by atoms with Crippen LogP contribution in [0.4, 0.5) is 4.39 Å². The van der Waals surface area contributed by atoms with E-state index in [1.165, 1.54) is 6.07 Å². The van der Waals surface area contributed by atoms with Gasteiger partial charge in [-0.2, -0.15) is 0 Å². The molecule has 1 amide bonds. The lowest BCUT2D eigenvalue weighted by molar-refractivity contribution is 0.0857. The molecular formula is C12H13ClFNO4S. The number of nitrogens with one attached hydrogen (secondary N) is 1. The summed E-state index contributed by atoms with van der Waals surface area (Å²) in [6.07, 6.45) is 1.78. The summed E-state index contributed by atoms with van der Waals surface area (Å²) >= 11 is 0. The second-order valence-electron chi connectivity index (χ2n) is 4.43. The third kappa shape index (κ3) is 3.68. The van der Waals surface area contributed by atoms with Gasteiger partial charge in [0.1, 0.15) is 10.7 Å². The molecule has 1 aromatic carbocycles. The van der Waals surface area contributed by atoms with Crippen LogP contribution in [0.2, 0.25) is 0 Å². The number of halogens is 2. The van der Waals surface area contributed by atoms with Crippen molar-refractivity contribution in [3.63, 3.8) is 0 Å². The number of carbonyl (C=O) groups excluding carboxylic acids is 1. The van der Waals surface area contributed by atoms with Crippen LogP contribution in [0.25, 0.3) is 0 Å². The predicted molar refractivity (Wildman–Crippen MR) is 70.7 cm³/mol. The molecule has 2 rings (SSSR count). The van der Waals surface area contributed by atoms with E-state index in [-0.39, 0.29) is 11.7 Å². The fraction of sp³-hybridized carbons (Fsp3) is 0.417. The Bertz CT molecular complexity index is 614. The van der Waals surface area contributed by atoms with E-state index >= 15 is 0 Å². The van der Waals surface area contributed by atoms with Gasteiger partial charge in [0.15, 0.2) is 0 Å². The molecule has 1 aromatic rings. The highest BCUT2D eigenvalue weighted by atomic mass is 35.7. The molecule has 0 saturated carbocycles. The largest absolute Gasteiger partial charge is 0.376 e. The molecule has 0 aliphatic carbocycles. The first-order chi connectivity index (χ1) is 9.38. The molecule has 1 saturated heterocycles. The lowest BCUT2D eigenvalue weighted by Gasteiger charge is -2.11. The molecule has 0 radical (unpaired) electrons. The van der Waals surface area contributed by atoms with Crippen molar-refractivity contribution in [1.82, 2.24) is 5.32 Å². The molecule has 0 bridgehead atoms. The number of rotatable bonds is 4. The minimum atomic E-state index is -4.23. The summed E-state index contributed by atoms with van der Waals surface area (Å²) < 4.78 is 41.0. The SMILES string of the molecule is O=C(NCC1CCCO1)c1ccc(F)c(S(=O)(=O)Cl)c1. The zero-order valence-electron chi connectivity index (χ0n) is 10.4. The number of hydrogen-bond acceptors (Lipinski definition) is 4. The minimum Gasteiger partial charge on any atom is -0.376 e. The summed E-state index contributed by atoms with van der Waals surface area (Å²) in [5.74, 6) is -1.49. The Hall–Kier alpha value is -1.18. The van der Waals surface area contributed by atoms with Crippen molar-refractivity contribution in [3.05, 3.63) is 29.6 Å². The maximum atomic E-state index is 13.3. The quantitative estimate of drug-likeness (QED) is 0.856. The van der Waals surface area contributed by atoms with E-state index in [2.05, 4.69) is 5.32 Å². The van der Waals surface area contributed by atoms with Crippen molar-refractivity contribution in [2.75, 3.05) is 13.2 Å². The van der Waals surface area contributed by atoms with Crippen LogP contribution < -0.4 is 5.32 Å². The summed E-state index contributed by atoms with van der Waals surface area (Å²) in [4.78, 5) is 11.2. The van der Waals surface area contributed by atoms with E-state index in [1.54, 1.807) is 0 Å². The number of ether oxygens (including phenoxy) is 1. The van der Waals surface area contributed by atoms with Crippen LogP contribution in [0.3, 0.4) is 0 Å². The summed E-state index contributed by atoms with van der Waals surface area (Å²) in [6, 6.07) is 3.02. The van der Waals surface area contributed by atoms with Gasteiger partial charge in [-0.25, -0.2) is 12.8 Å². The van der Waals surface area contributed by atoms with Gasteiger partial charge < -0.3 is 10.1 Å². The monoisotopic (exact) mass is 321 g/mol. The topological polar surface area (TPSA) is 72.5 Å². The van der Waals surface area contributed by atoms with Gasteiger partial charge in [0.05, 0.1) is 6.10 Å². The van der Waals surface area contributed by atoms with Crippen LogP contribution >= 0.6 is 10.7 Å². The van der Waals surface area contributed by atoms with Crippen LogP contribution in [0.15, 0.2) is 23.1 Å². The van der Waals surface area contributed by atoms with Gasteiger partial charge >= 0.3 is 0 Å². The second kappa shape index (κ2) is 6.07. The third-order valence-corrected chi connectivity index (χ3v) is 4.31. The molecule has 5 nitrogen and oxygen atoms in total. The molecule has 1 fully saturated rings. The lowest BCUT2D eigenvalue weighted by atomic mass is 10.2. The summed E-state index contributed by atoms with van der Waals surface area (Å²) in [5, 5.41) is 2.61. The van der Waals surface area contributed by atoms with E-state index in [9.17, 15) is 17.6 Å². The number of benzene rings is 1. The number of carbonyl (C=O) groups is 1. The first kappa shape index (κ1) is 15.2. The highest BCUT2D eigenvalue weighted by Gasteiger charge is 2.20. The first-order valence-corrected chi connectivity index (χ1v) is 8.33. The zero-order valence-corrected chi connectivity index (χ0v) is 12.0. The Balaban J connectivity index is 2.10. The molecule has 1 atom stereocenters. The standard InChI is InChI=1S/C12H13ClFNO4S/c13-20(17,18)11-6-8(3-4-10(11)14)12(16)15-7-9-2-1-5-19-9/h3-4,6,9H,1-2,5,7H2,(H,15,16). The molecule has 0 aromatic heterocycles. The molecule has 110 valence electrons. The van der Waals surface area contributed by atoms with Crippen LogP contribution in [0.5, 0.6) is 0 Å². The normalized spacial score (nSPS) is 19.0. The molecule has 20 heavy (non-hydrogen) atoms. The van der Waals surface area contributed by atoms with Crippen LogP contribution in [-0.2, 0) is 13.8 Å². The summed E-state index contributed by atoms with van der Waals surface area (Å²) in [6.45, 7) is 1.00. The van der Waals surface area contributed by atoms with Crippen molar-refractivity contribution in [2.45, 2.75) is 23.8 Å². The van der Waals surface area contributed by atoms with Crippen LogP contribution in [0.1, 0.15) is 23.2 Å². The Morgan fingerprint density at radius 1 is 1.50 bits per heavy atom. The molecule has 0 spiro atoms. The highest BCUT2D eigenvalue weighted by molar-refractivity contribution is 8.13. The van der Waals surface area contributed by atoms with Gasteiger partial charge in [0.2, 0.25) is 0 Å². The number of amides is 1. The lowest BCUT2D eigenvalue weighted by Crippen LogP contribution is -2.31. The minimum absolute atomic E-state index is 0.0311. The smallest absolute Gasteiger partial charge is 0.264 e. The summed E-state index contributed by atoms with van der Waals surface area (Å²) in [5.41, 5.74) is 0.0311. The van der Waals surface area contributed by atoms with Gasteiger partial charge in [0.25, 0.3) is 15.0 Å². The van der Waals surface area contributed by atoms with E-state index < -0.39 is 25.7 Å². The van der Waals surface area contributed by atoms with Crippen molar-refractivity contribution in [2.24, 2.45) is 0 Å². The van der Waals surface area contributed by atoms with Gasteiger partial charge in [-0.15, -0.1) is 0 Å². The average molecular weight is 322 g/mol. The van der Waals surface area contributed by atoms with Gasteiger partial charge in [-0.3, -0.25) is 4.79 Å².